The summed E-state index contributed by atoms with van der Waals surface area (Å²) >= 11 is 0. The lowest BCUT2D eigenvalue weighted by Crippen LogP contribution is -1.98. The van der Waals surface area contributed by atoms with Gasteiger partial charge in [0.15, 0.2) is 0 Å². The molecule has 0 spiro atoms. The highest BCUT2D eigenvalue weighted by molar-refractivity contribution is 5.81. The highest BCUT2D eigenvalue weighted by Gasteiger charge is 1.92. The van der Waals surface area contributed by atoms with Crippen molar-refractivity contribution in [1.29, 1.82) is 0 Å². The fourth-order valence-corrected chi connectivity index (χ4v) is 1.12. The number of allylic oxidation sites excluding steroid dienone is 1. The second-order valence-electron chi connectivity index (χ2n) is 3.20. The molecule has 0 aromatic heterocycles. The van der Waals surface area contributed by atoms with E-state index in [0.717, 1.165) is 12.8 Å². The Hall–Kier alpha value is -0.790. The Morgan fingerprint density at radius 1 is 1.29 bits per heavy atom. The van der Waals surface area contributed by atoms with Crippen LogP contribution < -0.4 is 0 Å². The van der Waals surface area contributed by atoms with Crippen LogP contribution in [0.25, 0.3) is 0 Å². The summed E-state index contributed by atoms with van der Waals surface area (Å²) in [5.74, 6) is -0.344. The van der Waals surface area contributed by atoms with Crippen LogP contribution in [0.15, 0.2) is 12.2 Å². The number of carbonyl (C=O) groups is 1. The fourth-order valence-electron chi connectivity index (χ4n) is 1.12. The molecule has 14 heavy (non-hydrogen) atoms. The van der Waals surface area contributed by atoms with Gasteiger partial charge in [0, 0.05) is 7.45 Å². The van der Waals surface area contributed by atoms with Crippen LogP contribution >= 0.6 is 0 Å². The molecule has 0 radical (unpaired) electrons. The average Bonchev–Trinajstić information content (AvgIpc) is 2.22. The van der Waals surface area contributed by atoms with Gasteiger partial charge >= 0.3 is 5.97 Å². The first-order chi connectivity index (χ1) is 7.20. The molecule has 0 aliphatic carbocycles. The Morgan fingerprint density at radius 2 is 2.00 bits per heavy atom. The lowest BCUT2D eigenvalue weighted by Gasteiger charge is -1.96. The summed E-state index contributed by atoms with van der Waals surface area (Å²) < 4.78 is 12.4. The first kappa shape index (κ1) is 11.3. The van der Waals surface area contributed by atoms with Crippen LogP contribution in [0.2, 0.25) is 0 Å². The van der Waals surface area contributed by atoms with Crippen LogP contribution in [0.4, 0.5) is 0 Å². The van der Waals surface area contributed by atoms with Crippen molar-refractivity contribution in [3.05, 3.63) is 12.2 Å². The van der Waals surface area contributed by atoms with E-state index in [-0.39, 0.29) is 12.4 Å². The number of hydrogen-bond donors (Lipinski definition) is 0. The standard InChI is InChI=1S/C12H22O2/c1-3-5-6-7-8-9-10-11-12(13)14-4-2/h10-11H,3-9H2,1-2H3/b11-10+/i9D. The van der Waals surface area contributed by atoms with E-state index in [1.807, 2.05) is 0 Å². The van der Waals surface area contributed by atoms with E-state index in [4.69, 9.17) is 6.11 Å². The first-order valence-electron chi connectivity index (χ1n) is 6.05. The number of esters is 1. The molecule has 0 fully saturated rings. The normalized spacial score (nSPS) is 14.0. The maximum absolute atomic E-state index is 10.9. The predicted octanol–water partition coefficient (Wildman–Crippen LogP) is 3.47. The van der Waals surface area contributed by atoms with Crippen molar-refractivity contribution < 1.29 is 10.9 Å². The monoisotopic (exact) mass is 199 g/mol. The van der Waals surface area contributed by atoms with Crippen LogP contribution in [0.5, 0.6) is 0 Å². The number of hydrogen-bond acceptors (Lipinski definition) is 2. The number of carbonyl (C=O) groups excluding carboxylic acids is 1. The molecule has 0 aliphatic rings. The number of ether oxygens (including phenoxy) is 1. The van der Waals surface area contributed by atoms with Gasteiger partial charge < -0.3 is 4.74 Å². The predicted molar refractivity (Wildman–Crippen MR) is 59.1 cm³/mol. The number of rotatable bonds is 8. The van der Waals surface area contributed by atoms with Crippen LogP contribution in [-0.2, 0) is 9.53 Å². The zero-order valence-electron chi connectivity index (χ0n) is 10.3. The molecular formula is C12H22O2. The molecule has 0 rings (SSSR count). The van der Waals surface area contributed by atoms with Crippen LogP contribution in [0.3, 0.4) is 0 Å². The minimum absolute atomic E-state index is 0.272. The van der Waals surface area contributed by atoms with Crippen molar-refractivity contribution in [1.82, 2.24) is 0 Å². The van der Waals surface area contributed by atoms with E-state index in [1.165, 1.54) is 25.3 Å². The lowest BCUT2D eigenvalue weighted by atomic mass is 10.1. The van der Waals surface area contributed by atoms with Crippen LogP contribution in [0, 0.1) is 0 Å². The molecule has 0 saturated heterocycles. The van der Waals surface area contributed by atoms with Gasteiger partial charge in [-0.2, -0.15) is 0 Å². The highest BCUT2D eigenvalue weighted by atomic mass is 16.5. The SMILES string of the molecule is [2H]C(/C=C/C(=O)OCC)CCCCCC. The second-order valence-corrected chi connectivity index (χ2v) is 3.20. The molecule has 0 aliphatic heterocycles. The van der Waals surface area contributed by atoms with Crippen molar-refractivity contribution in [2.45, 2.75) is 52.3 Å². The maximum Gasteiger partial charge on any atom is 0.330 e. The molecule has 82 valence electrons. The van der Waals surface area contributed by atoms with Gasteiger partial charge in [0.1, 0.15) is 0 Å². The summed E-state index contributed by atoms with van der Waals surface area (Å²) in [4.78, 5) is 10.9. The first-order valence-corrected chi connectivity index (χ1v) is 5.47. The minimum atomic E-state index is -0.344. The van der Waals surface area contributed by atoms with E-state index < -0.39 is 0 Å². The summed E-state index contributed by atoms with van der Waals surface area (Å²) in [7, 11) is 0. The summed E-state index contributed by atoms with van der Waals surface area (Å²) in [6.07, 6.45) is 8.22. The highest BCUT2D eigenvalue weighted by Crippen LogP contribution is 2.05. The third-order valence-electron chi connectivity index (χ3n) is 1.88. The zero-order valence-corrected chi connectivity index (χ0v) is 9.29. The van der Waals surface area contributed by atoms with Crippen LogP contribution in [-0.4, -0.2) is 12.6 Å². The zero-order chi connectivity index (χ0) is 11.5. The summed E-state index contributed by atoms with van der Waals surface area (Å²) in [5.41, 5.74) is 0. The third kappa shape index (κ3) is 9.30. The number of unbranched alkanes of at least 4 members (excludes halogenated alkanes) is 3. The van der Waals surface area contributed by atoms with Gasteiger partial charge in [0.2, 0.25) is 0 Å². The van der Waals surface area contributed by atoms with Gasteiger partial charge in [0.05, 0.1) is 6.61 Å². The summed E-state index contributed by atoms with van der Waals surface area (Å²) in [6, 6.07) is 0. The minimum Gasteiger partial charge on any atom is -0.463 e. The Labute approximate surface area is 88.7 Å². The second kappa shape index (κ2) is 10.3. The molecule has 0 saturated carbocycles. The van der Waals surface area contributed by atoms with Gasteiger partial charge in [-0.3, -0.25) is 0 Å². The molecule has 1 unspecified atom stereocenters. The molecule has 0 bridgehead atoms. The van der Waals surface area contributed by atoms with E-state index in [0.29, 0.717) is 6.61 Å². The van der Waals surface area contributed by atoms with Crippen molar-refractivity contribution in [2.24, 2.45) is 0 Å². The molecule has 2 heteroatoms. The lowest BCUT2D eigenvalue weighted by molar-refractivity contribution is -0.137. The molecule has 0 aromatic carbocycles. The van der Waals surface area contributed by atoms with E-state index in [1.54, 1.807) is 13.0 Å². The maximum atomic E-state index is 10.9. The Balaban J connectivity index is 3.54. The largest absolute Gasteiger partial charge is 0.463 e. The van der Waals surface area contributed by atoms with Crippen molar-refractivity contribution >= 4 is 5.97 Å². The Kier molecular flexibility index (Phi) is 8.30. The Bertz CT molecular complexity index is 190. The third-order valence-corrected chi connectivity index (χ3v) is 1.88. The van der Waals surface area contributed by atoms with Gasteiger partial charge in [-0.25, -0.2) is 4.79 Å². The van der Waals surface area contributed by atoms with Crippen molar-refractivity contribution in [3.8, 4) is 0 Å². The van der Waals surface area contributed by atoms with Gasteiger partial charge in [-0.15, -0.1) is 0 Å². The summed E-state index contributed by atoms with van der Waals surface area (Å²) in [6.45, 7) is 4.33. The van der Waals surface area contributed by atoms with E-state index in [2.05, 4.69) is 6.92 Å². The van der Waals surface area contributed by atoms with Crippen LogP contribution in [0.1, 0.15) is 53.7 Å². The molecule has 0 N–H and O–H groups in total. The summed E-state index contributed by atoms with van der Waals surface area (Å²) in [5, 5.41) is 0. The Morgan fingerprint density at radius 3 is 2.64 bits per heavy atom. The molecule has 0 heterocycles. The van der Waals surface area contributed by atoms with Gasteiger partial charge in [0.25, 0.3) is 0 Å². The average molecular weight is 199 g/mol. The molecule has 0 aromatic rings. The van der Waals surface area contributed by atoms with Crippen molar-refractivity contribution in [3.63, 3.8) is 0 Å². The van der Waals surface area contributed by atoms with E-state index >= 15 is 0 Å². The quantitative estimate of drug-likeness (QED) is 0.340. The van der Waals surface area contributed by atoms with E-state index in [9.17, 15) is 4.79 Å². The van der Waals surface area contributed by atoms with Gasteiger partial charge in [-0.05, 0) is 19.7 Å². The molecular weight excluding hydrogens is 176 g/mol. The topological polar surface area (TPSA) is 26.3 Å². The fraction of sp³-hybridized carbons (Fsp3) is 0.750. The molecule has 0 amide bonds. The molecule has 1 atom stereocenters. The molecule has 2 nitrogen and oxygen atoms in total. The van der Waals surface area contributed by atoms with Gasteiger partial charge in [-0.1, -0.05) is 38.7 Å². The van der Waals surface area contributed by atoms with Crippen molar-refractivity contribution in [2.75, 3.05) is 6.61 Å². The smallest absolute Gasteiger partial charge is 0.330 e.